The zero-order valence-corrected chi connectivity index (χ0v) is 47.0. The summed E-state index contributed by atoms with van der Waals surface area (Å²) in [7, 11) is 2.51. The predicted molar refractivity (Wildman–Crippen MR) is 262 cm³/mol. The number of carboxylic acid groups (broad SMARTS) is 8. The molecule has 0 unspecified atom stereocenters. The number of nitrogens with one attached hydrogen (secondary N) is 6. The molecule has 81 heavy (non-hydrogen) atoms. The van der Waals surface area contributed by atoms with Gasteiger partial charge in [-0.1, -0.05) is 0 Å². The molecule has 0 heterocycles. The Labute approximate surface area is 480 Å². The number of carbonyl (C=O) groups is 16. The normalized spacial score (nSPS) is 13.8. The van der Waals surface area contributed by atoms with Gasteiger partial charge in [-0.3, -0.25) is 0 Å². The number of aliphatic carboxylic acids is 8. The maximum absolute atomic E-state index is 14.3. The molecule has 14 N–H and O–H groups in total. The van der Waals surface area contributed by atoms with Crippen LogP contribution < -0.4 is 95.7 Å². The van der Waals surface area contributed by atoms with Gasteiger partial charge < -0.3 is 51.1 Å². The number of nitrogens with two attached hydrogens (primary N) is 4. The van der Waals surface area contributed by atoms with E-state index in [0.29, 0.717) is 51.0 Å². The number of carboxylic acids is 8. The molecular weight excluding hydrogens is 1240 g/mol. The van der Waals surface area contributed by atoms with Crippen LogP contribution in [-0.2, 0) is 76.7 Å². The van der Waals surface area contributed by atoms with Crippen molar-refractivity contribution >= 4 is 154 Å². The summed E-state index contributed by atoms with van der Waals surface area (Å²) in [5.74, 6) is -26.2. The SMILES string of the molecule is N[C@@H](CCC(=O)N[C@@H](CSSC[C@H](NC(=O)CC[C@H](N)C(=O)[O-])C(=O)N(CC(=O)[O-])[Se]N(CC(=O)[O-])C(=O)[C@H](CSSC[C@H](NC(=O)CC[C@H](N)C(=O)[O-])C(=O)NCC(=O)[O-])NC(=O)CC[C@H](N)C(=O)[O-])C(=O)NCC(=O)[O-])C(=O)[O-]. The quantitative estimate of drug-likeness (QED) is 0.0154. The van der Waals surface area contributed by atoms with Crippen molar-refractivity contribution in [3.05, 3.63) is 0 Å². The van der Waals surface area contributed by atoms with Gasteiger partial charge in [0.15, 0.2) is 0 Å². The van der Waals surface area contributed by atoms with Crippen LogP contribution in [0.4, 0.5) is 0 Å². The second kappa shape index (κ2) is 39.6. The first-order valence-electron chi connectivity index (χ1n) is 22.9. The van der Waals surface area contributed by atoms with Crippen molar-refractivity contribution in [3.63, 3.8) is 0 Å². The van der Waals surface area contributed by atoms with E-state index in [1.54, 1.807) is 0 Å². The molecule has 0 aliphatic carbocycles. The Balaban J connectivity index is 7.10. The van der Waals surface area contributed by atoms with Gasteiger partial charge in [0.2, 0.25) is 0 Å². The van der Waals surface area contributed by atoms with Crippen molar-refractivity contribution in [3.8, 4) is 0 Å². The van der Waals surface area contributed by atoms with Gasteiger partial charge in [-0.25, -0.2) is 0 Å². The minimum atomic E-state index is -2.18. The maximum atomic E-state index is 14.3. The van der Waals surface area contributed by atoms with E-state index < -0.39 is 259 Å². The van der Waals surface area contributed by atoms with Crippen LogP contribution in [0.5, 0.6) is 0 Å². The van der Waals surface area contributed by atoms with E-state index >= 15 is 0 Å². The third kappa shape index (κ3) is 33.6. The van der Waals surface area contributed by atoms with Crippen molar-refractivity contribution in [1.29, 1.82) is 0 Å². The predicted octanol–water partition coefficient (Wildman–Crippen LogP) is -18.5. The molecule has 8 atom stereocenters. The number of carbonyl (C=O) groups excluding carboxylic acids is 16. The topological polar surface area (TPSA) is 640 Å². The van der Waals surface area contributed by atoms with Gasteiger partial charge in [0.05, 0.1) is 11.9 Å². The molecule has 456 valence electrons. The molecule has 0 saturated carbocycles. The van der Waals surface area contributed by atoms with Crippen LogP contribution in [-0.4, -0.2) is 216 Å². The molecule has 0 aliphatic rings. The van der Waals surface area contributed by atoms with E-state index in [2.05, 4.69) is 21.3 Å². The van der Waals surface area contributed by atoms with Crippen LogP contribution in [0.2, 0.25) is 0 Å². The summed E-state index contributed by atoms with van der Waals surface area (Å²) in [5.41, 5.74) is 21.6. The summed E-state index contributed by atoms with van der Waals surface area (Å²) in [5, 5.41) is 103. The molecule has 8 amide bonds. The molecule has 0 aromatic rings. The third-order valence-corrected chi connectivity index (χ3v) is 16.6. The van der Waals surface area contributed by atoms with Crippen LogP contribution in [0.3, 0.4) is 0 Å². The Morgan fingerprint density at radius 3 is 0.827 bits per heavy atom. The first-order chi connectivity index (χ1) is 37.7. The molecular formula is C40H54N12O24S4Se-8. The van der Waals surface area contributed by atoms with Gasteiger partial charge in [-0.2, -0.15) is 0 Å². The number of rotatable bonds is 44. The Morgan fingerprint density at radius 2 is 0.605 bits per heavy atom. The van der Waals surface area contributed by atoms with E-state index in [0.717, 1.165) is 0 Å². The molecule has 41 heteroatoms. The van der Waals surface area contributed by atoms with Gasteiger partial charge in [-0.15, -0.1) is 0 Å². The van der Waals surface area contributed by atoms with Crippen LogP contribution in [0.15, 0.2) is 0 Å². The van der Waals surface area contributed by atoms with Crippen LogP contribution in [0, 0.1) is 0 Å². The Hall–Kier alpha value is -6.72. The average molecular weight is 1290 g/mol. The summed E-state index contributed by atoms with van der Waals surface area (Å²) >= 11 is -2.18. The number of amides is 8. The molecule has 0 rings (SSSR count). The molecule has 0 aromatic carbocycles. The van der Waals surface area contributed by atoms with Gasteiger partial charge in [-0.05, 0) is 0 Å². The molecule has 0 saturated heterocycles. The van der Waals surface area contributed by atoms with Gasteiger partial charge in [0, 0.05) is 12.1 Å². The standard InChI is InChI=1S/C40H62N12O24S4Se/c41-17(37(69)70)1-5-25(53)47-21(33(65)45-9-29(57)58)13-77-79-15-23(49-27(55)7-3-19(43)39(73)74)35(67)51(11-31(61)62)81-52(12-32(63)64)36(68)24(50-28(56)8-4-20(44)40(75)76)16-80-78-14-22(34(66)46-10-30(59)60)48-26(54)6-2-18(42)38(71)72/h17-24H,1-16,41-44H2,(H,45,65)(H,46,66)(H,47,53)(H,48,54)(H,49,55)(H,50,56)(H,57,58)(H,59,60)(H,61,62)(H,63,64)(H,69,70)(H,71,72)(H,73,74)(H,75,76)/p-8/t17-,18-,19-,20-,21-,22-,23-,24-/m0/s1. The molecule has 36 nitrogen and oxygen atoms in total. The summed E-state index contributed by atoms with van der Waals surface area (Å²) in [6, 6.07) is -13.7. The average Bonchev–Trinajstić information content (AvgIpc) is 3.38. The zero-order valence-electron chi connectivity index (χ0n) is 42.0. The van der Waals surface area contributed by atoms with E-state index in [-0.39, 0.29) is 0 Å². The smallest absolute Gasteiger partial charge is 0.548 e. The zero-order chi connectivity index (χ0) is 62.1. The van der Waals surface area contributed by atoms with Gasteiger partial charge in [0.25, 0.3) is 0 Å². The fraction of sp³-hybridized carbons (Fsp3) is 0.600. The van der Waals surface area contributed by atoms with Crippen molar-refractivity contribution < 1.29 is 118 Å². The molecule has 0 fully saturated rings. The summed E-state index contributed by atoms with van der Waals surface area (Å²) in [4.78, 5) is 197. The molecule has 0 radical (unpaired) electrons. The van der Waals surface area contributed by atoms with Gasteiger partial charge >= 0.3 is 408 Å². The summed E-state index contributed by atoms with van der Waals surface area (Å²) < 4.78 is 0.635. The monoisotopic (exact) mass is 1290 g/mol. The summed E-state index contributed by atoms with van der Waals surface area (Å²) in [6.07, 6.45) is -4.74. The second-order valence-electron chi connectivity index (χ2n) is 16.2. The van der Waals surface area contributed by atoms with E-state index in [9.17, 15) is 118 Å². The first kappa shape index (κ1) is 74.3. The second-order valence-corrected chi connectivity index (χ2v) is 23.5. The fourth-order valence-corrected chi connectivity index (χ4v) is 12.1. The molecule has 0 aliphatic heterocycles. The molecule has 0 bridgehead atoms. The third-order valence-electron chi connectivity index (χ3n) is 9.66. The first-order valence-corrected chi connectivity index (χ1v) is 29.4. The number of nitrogens with zero attached hydrogens (tertiary/aromatic N) is 2. The van der Waals surface area contributed by atoms with E-state index in [4.69, 9.17) is 22.9 Å². The minimum absolute atomic E-state index is 0.318. The number of hydrogen-bond donors (Lipinski definition) is 10. The van der Waals surface area contributed by atoms with Crippen molar-refractivity contribution in [2.45, 2.75) is 99.7 Å². The van der Waals surface area contributed by atoms with Crippen molar-refractivity contribution in [2.75, 3.05) is 49.2 Å². The Bertz CT molecular complexity index is 2140. The van der Waals surface area contributed by atoms with E-state index in [1.165, 1.54) is 0 Å². The minimum Gasteiger partial charge on any atom is -0.548 e. The van der Waals surface area contributed by atoms with Crippen molar-refractivity contribution in [2.24, 2.45) is 22.9 Å². The summed E-state index contributed by atoms with van der Waals surface area (Å²) in [6.45, 7) is -5.04. The number of hydrogen-bond acceptors (Lipinski definition) is 32. The van der Waals surface area contributed by atoms with Crippen LogP contribution >= 0.6 is 43.2 Å². The molecule has 0 spiro atoms. The fourth-order valence-electron chi connectivity index (χ4n) is 5.42. The Morgan fingerprint density at radius 1 is 0.370 bits per heavy atom. The van der Waals surface area contributed by atoms with Gasteiger partial charge in [0.1, 0.15) is 0 Å². The molecule has 0 aromatic heterocycles. The van der Waals surface area contributed by atoms with E-state index in [1.807, 2.05) is 10.6 Å². The van der Waals surface area contributed by atoms with Crippen molar-refractivity contribution in [1.82, 2.24) is 39.7 Å². The van der Waals surface area contributed by atoms with Crippen LogP contribution in [0.25, 0.3) is 0 Å². The van der Waals surface area contributed by atoms with Crippen LogP contribution in [0.1, 0.15) is 51.4 Å². The Kier molecular flexibility index (Phi) is 36.3.